The van der Waals surface area contributed by atoms with Crippen LogP contribution < -0.4 is 10.2 Å². The Kier molecular flexibility index (Phi) is 6.56. The average molecular weight is 410 g/mol. The molecule has 0 unspecified atom stereocenters. The molecule has 0 radical (unpaired) electrons. The zero-order valence-corrected chi connectivity index (χ0v) is 17.0. The standard InChI is InChI=1S/C19H27N3O5S/c1-20-18(23)14-27-19(24)16-13-15(7-8-17(16)21-9-5-6-10-21)28(25,26)22-11-3-2-4-12-22/h7-8,13H,2-6,9-12,14H2,1H3,(H,20,23). The summed E-state index contributed by atoms with van der Waals surface area (Å²) < 4.78 is 32.6. The van der Waals surface area contributed by atoms with E-state index in [0.717, 1.165) is 45.2 Å². The number of hydrogen-bond donors (Lipinski definition) is 1. The quantitative estimate of drug-likeness (QED) is 0.713. The Morgan fingerprint density at radius 3 is 2.32 bits per heavy atom. The molecule has 8 nitrogen and oxygen atoms in total. The SMILES string of the molecule is CNC(=O)COC(=O)c1cc(S(=O)(=O)N2CCCCC2)ccc1N1CCCC1. The van der Waals surface area contributed by atoms with Crippen molar-refractivity contribution >= 4 is 27.6 Å². The summed E-state index contributed by atoms with van der Waals surface area (Å²) in [5, 5.41) is 2.39. The minimum absolute atomic E-state index is 0.0873. The van der Waals surface area contributed by atoms with E-state index in [0.29, 0.717) is 18.8 Å². The lowest BCUT2D eigenvalue weighted by Crippen LogP contribution is -2.35. The highest BCUT2D eigenvalue weighted by molar-refractivity contribution is 7.89. The molecule has 1 amide bonds. The summed E-state index contributed by atoms with van der Waals surface area (Å²) in [6.45, 7) is 2.18. The number of nitrogens with zero attached hydrogens (tertiary/aromatic N) is 2. The number of amides is 1. The number of carbonyl (C=O) groups excluding carboxylic acids is 2. The maximum Gasteiger partial charge on any atom is 0.340 e. The number of esters is 1. The van der Waals surface area contributed by atoms with Gasteiger partial charge in [-0.15, -0.1) is 0 Å². The lowest BCUT2D eigenvalue weighted by atomic mass is 10.1. The normalized spacial score (nSPS) is 18.1. The van der Waals surface area contributed by atoms with Gasteiger partial charge >= 0.3 is 5.97 Å². The summed E-state index contributed by atoms with van der Waals surface area (Å²) in [4.78, 5) is 26.2. The molecule has 1 N–H and O–H groups in total. The predicted molar refractivity (Wildman–Crippen MR) is 105 cm³/mol. The van der Waals surface area contributed by atoms with Gasteiger partial charge in [-0.1, -0.05) is 6.42 Å². The van der Waals surface area contributed by atoms with Crippen molar-refractivity contribution in [2.75, 3.05) is 44.7 Å². The van der Waals surface area contributed by atoms with E-state index >= 15 is 0 Å². The lowest BCUT2D eigenvalue weighted by Gasteiger charge is -2.27. The summed E-state index contributed by atoms with van der Waals surface area (Å²) in [7, 11) is -2.21. The average Bonchev–Trinajstić information content (AvgIpc) is 3.26. The molecule has 0 aromatic heterocycles. The van der Waals surface area contributed by atoms with Crippen LogP contribution in [0.2, 0.25) is 0 Å². The molecule has 3 rings (SSSR count). The van der Waals surface area contributed by atoms with Crippen LogP contribution in [0.15, 0.2) is 23.1 Å². The zero-order chi connectivity index (χ0) is 20.1. The zero-order valence-electron chi connectivity index (χ0n) is 16.1. The molecule has 28 heavy (non-hydrogen) atoms. The number of ether oxygens (including phenoxy) is 1. The Balaban J connectivity index is 1.92. The van der Waals surface area contributed by atoms with E-state index in [-0.39, 0.29) is 10.5 Å². The van der Waals surface area contributed by atoms with Crippen LogP contribution in [0, 0.1) is 0 Å². The van der Waals surface area contributed by atoms with Crippen molar-refractivity contribution in [3.8, 4) is 0 Å². The Bertz CT molecular complexity index is 828. The summed E-state index contributed by atoms with van der Waals surface area (Å²) in [6, 6.07) is 4.63. The molecule has 1 aromatic carbocycles. The fraction of sp³-hybridized carbons (Fsp3) is 0.579. The maximum absolute atomic E-state index is 13.0. The predicted octanol–water partition coefficient (Wildman–Crippen LogP) is 1.36. The van der Waals surface area contributed by atoms with Gasteiger partial charge in [-0.25, -0.2) is 13.2 Å². The Morgan fingerprint density at radius 1 is 1.04 bits per heavy atom. The largest absolute Gasteiger partial charge is 0.452 e. The number of anilines is 1. The van der Waals surface area contributed by atoms with Crippen LogP contribution in [0.5, 0.6) is 0 Å². The van der Waals surface area contributed by atoms with Crippen LogP contribution >= 0.6 is 0 Å². The number of benzene rings is 1. The summed E-state index contributed by atoms with van der Waals surface area (Å²) in [5.74, 6) is -1.12. The molecule has 0 bridgehead atoms. The molecular formula is C19H27N3O5S. The van der Waals surface area contributed by atoms with Crippen LogP contribution in [0.4, 0.5) is 5.69 Å². The first-order valence-electron chi connectivity index (χ1n) is 9.70. The first-order valence-corrected chi connectivity index (χ1v) is 11.1. The van der Waals surface area contributed by atoms with Crippen molar-refractivity contribution in [3.63, 3.8) is 0 Å². The fourth-order valence-corrected chi connectivity index (χ4v) is 5.15. The van der Waals surface area contributed by atoms with Gasteiger partial charge in [-0.3, -0.25) is 4.79 Å². The highest BCUT2D eigenvalue weighted by Gasteiger charge is 2.29. The van der Waals surface area contributed by atoms with E-state index < -0.39 is 28.5 Å². The van der Waals surface area contributed by atoms with E-state index in [2.05, 4.69) is 5.32 Å². The molecule has 2 aliphatic heterocycles. The smallest absolute Gasteiger partial charge is 0.340 e. The second kappa shape index (κ2) is 8.91. The van der Waals surface area contributed by atoms with E-state index in [1.54, 1.807) is 12.1 Å². The molecular weight excluding hydrogens is 382 g/mol. The Labute approximate surface area is 165 Å². The van der Waals surface area contributed by atoms with Crippen molar-refractivity contribution in [2.45, 2.75) is 37.0 Å². The first kappa shape index (κ1) is 20.6. The van der Waals surface area contributed by atoms with Gasteiger partial charge in [0.25, 0.3) is 5.91 Å². The van der Waals surface area contributed by atoms with Gasteiger partial charge in [-0.2, -0.15) is 4.31 Å². The second-order valence-electron chi connectivity index (χ2n) is 7.09. The lowest BCUT2D eigenvalue weighted by molar-refractivity contribution is -0.123. The number of hydrogen-bond acceptors (Lipinski definition) is 6. The molecule has 154 valence electrons. The number of piperidine rings is 1. The molecule has 0 aliphatic carbocycles. The molecule has 0 spiro atoms. The number of sulfonamides is 1. The van der Waals surface area contributed by atoms with E-state index in [1.807, 2.05) is 4.90 Å². The molecule has 0 atom stereocenters. The molecule has 1 aromatic rings. The van der Waals surface area contributed by atoms with Gasteiger partial charge in [0.15, 0.2) is 6.61 Å². The summed E-state index contributed by atoms with van der Waals surface area (Å²) >= 11 is 0. The monoisotopic (exact) mass is 409 g/mol. The van der Waals surface area contributed by atoms with Crippen LogP contribution in [0.3, 0.4) is 0 Å². The summed E-state index contributed by atoms with van der Waals surface area (Å²) in [6.07, 6.45) is 4.73. The minimum Gasteiger partial charge on any atom is -0.452 e. The highest BCUT2D eigenvalue weighted by atomic mass is 32.2. The second-order valence-corrected chi connectivity index (χ2v) is 9.03. The van der Waals surface area contributed by atoms with E-state index in [9.17, 15) is 18.0 Å². The minimum atomic E-state index is -3.67. The van der Waals surface area contributed by atoms with Crippen molar-refractivity contribution in [2.24, 2.45) is 0 Å². The number of rotatable bonds is 6. The van der Waals surface area contributed by atoms with E-state index in [4.69, 9.17) is 4.74 Å². The molecule has 2 aliphatic rings. The van der Waals surface area contributed by atoms with Gasteiger partial charge in [-0.05, 0) is 43.9 Å². The van der Waals surface area contributed by atoms with E-state index in [1.165, 1.54) is 17.4 Å². The van der Waals surface area contributed by atoms with Gasteiger partial charge in [0.1, 0.15) is 0 Å². The Morgan fingerprint density at radius 2 is 1.68 bits per heavy atom. The molecule has 2 heterocycles. The van der Waals surface area contributed by atoms with Gasteiger partial charge in [0.05, 0.1) is 16.1 Å². The number of nitrogens with one attached hydrogen (secondary N) is 1. The molecule has 0 saturated carbocycles. The third-order valence-electron chi connectivity index (χ3n) is 5.20. The first-order chi connectivity index (χ1) is 13.4. The van der Waals surface area contributed by atoms with Crippen LogP contribution in [-0.4, -0.2) is 64.4 Å². The van der Waals surface area contributed by atoms with Crippen molar-refractivity contribution in [3.05, 3.63) is 23.8 Å². The van der Waals surface area contributed by atoms with Gasteiger partial charge in [0, 0.05) is 33.2 Å². The van der Waals surface area contributed by atoms with Gasteiger partial charge in [0.2, 0.25) is 10.0 Å². The van der Waals surface area contributed by atoms with Crippen LogP contribution in [0.25, 0.3) is 0 Å². The number of carbonyl (C=O) groups is 2. The Hall–Kier alpha value is -2.13. The highest BCUT2D eigenvalue weighted by Crippen LogP contribution is 2.30. The van der Waals surface area contributed by atoms with Gasteiger partial charge < -0.3 is 15.0 Å². The number of likely N-dealkylation sites (N-methyl/N-ethyl adjacent to an activating group) is 1. The van der Waals surface area contributed by atoms with Crippen LogP contribution in [-0.2, 0) is 19.6 Å². The fourth-order valence-electron chi connectivity index (χ4n) is 3.61. The van der Waals surface area contributed by atoms with Crippen molar-refractivity contribution in [1.82, 2.24) is 9.62 Å². The third kappa shape index (κ3) is 4.47. The topological polar surface area (TPSA) is 96.0 Å². The molecule has 2 saturated heterocycles. The molecule has 2 fully saturated rings. The molecule has 9 heteroatoms. The third-order valence-corrected chi connectivity index (χ3v) is 7.10. The summed E-state index contributed by atoms with van der Waals surface area (Å²) in [5.41, 5.74) is 0.834. The van der Waals surface area contributed by atoms with Crippen molar-refractivity contribution < 1.29 is 22.7 Å². The van der Waals surface area contributed by atoms with Crippen LogP contribution in [0.1, 0.15) is 42.5 Å². The van der Waals surface area contributed by atoms with Crippen molar-refractivity contribution in [1.29, 1.82) is 0 Å². The maximum atomic E-state index is 13.0.